The first-order chi connectivity index (χ1) is 22.2. The van der Waals surface area contributed by atoms with Gasteiger partial charge in [0.15, 0.2) is 19.9 Å². The Labute approximate surface area is 280 Å². The molecule has 1 aliphatic carbocycles. The van der Waals surface area contributed by atoms with Crippen LogP contribution in [0, 0.1) is 0 Å². The maximum atomic E-state index is 13.8. The zero-order chi connectivity index (χ0) is 33.8. The van der Waals surface area contributed by atoms with E-state index in [1.54, 1.807) is 0 Å². The van der Waals surface area contributed by atoms with Crippen LogP contribution in [0.3, 0.4) is 0 Å². The van der Waals surface area contributed by atoms with E-state index >= 15 is 0 Å². The summed E-state index contributed by atoms with van der Waals surface area (Å²) in [5.41, 5.74) is 5.51. The highest BCUT2D eigenvalue weighted by Gasteiger charge is 2.45. The van der Waals surface area contributed by atoms with Crippen molar-refractivity contribution in [2.45, 2.75) is 83.3 Å². The van der Waals surface area contributed by atoms with Crippen LogP contribution in [-0.2, 0) is 34.8 Å². The summed E-state index contributed by atoms with van der Waals surface area (Å²) in [6.45, 7) is 15.2. The third-order valence-electron chi connectivity index (χ3n) is 9.44. The van der Waals surface area contributed by atoms with E-state index in [2.05, 4.69) is 58.1 Å². The molecule has 0 aromatic heterocycles. The molecule has 5 rings (SSSR count). The standard InChI is InChI=1S/C38H49NO7Si/c1-37(2,3)47(6,7)44-26-35-34(45-38(4,5)46-35)22-39(21-28(40)24-42-23-27-15-9-8-10-16-27)36(41)43-25-33-31-19-13-11-17-29(31)30-18-12-14-20-32(30)33/h8-20,33-35H,21-26H2,1-7H3/t34-,35+/m0/s1. The molecule has 0 spiro atoms. The number of carbonyl (C=O) groups excluding carboxylic acids is 2. The fourth-order valence-electron chi connectivity index (χ4n) is 5.93. The number of benzene rings is 3. The van der Waals surface area contributed by atoms with Crippen LogP contribution in [0.5, 0.6) is 0 Å². The van der Waals surface area contributed by atoms with Crippen molar-refractivity contribution in [3.8, 4) is 11.1 Å². The fraction of sp³-hybridized carbons (Fsp3) is 0.474. The molecule has 0 unspecified atom stereocenters. The predicted octanol–water partition coefficient (Wildman–Crippen LogP) is 7.57. The van der Waals surface area contributed by atoms with E-state index in [1.165, 1.54) is 4.90 Å². The lowest BCUT2D eigenvalue weighted by Gasteiger charge is -2.37. The average molecular weight is 660 g/mol. The first-order valence-corrected chi connectivity index (χ1v) is 19.4. The van der Waals surface area contributed by atoms with Gasteiger partial charge in [0.05, 0.1) is 26.3 Å². The van der Waals surface area contributed by atoms with Crippen molar-refractivity contribution in [1.29, 1.82) is 0 Å². The van der Waals surface area contributed by atoms with Crippen molar-refractivity contribution in [3.05, 3.63) is 95.6 Å². The molecule has 0 bridgehead atoms. The molecule has 1 saturated heterocycles. The smallest absolute Gasteiger partial charge is 0.410 e. The highest BCUT2D eigenvalue weighted by atomic mass is 28.4. The molecular weight excluding hydrogens is 611 g/mol. The summed E-state index contributed by atoms with van der Waals surface area (Å²) in [5, 5.41) is 0.0248. The summed E-state index contributed by atoms with van der Waals surface area (Å²) in [6.07, 6.45) is -1.53. The number of hydrogen-bond acceptors (Lipinski definition) is 7. The molecule has 1 fully saturated rings. The van der Waals surface area contributed by atoms with Gasteiger partial charge in [-0.1, -0.05) is 99.6 Å². The van der Waals surface area contributed by atoms with Crippen LogP contribution in [0.25, 0.3) is 11.1 Å². The van der Waals surface area contributed by atoms with Crippen LogP contribution in [0.4, 0.5) is 4.79 Å². The van der Waals surface area contributed by atoms with E-state index in [-0.39, 0.29) is 43.0 Å². The molecule has 3 aromatic carbocycles. The van der Waals surface area contributed by atoms with Crippen LogP contribution in [-0.4, -0.2) is 76.0 Å². The van der Waals surface area contributed by atoms with Crippen LogP contribution in [0.2, 0.25) is 18.1 Å². The van der Waals surface area contributed by atoms with Crippen molar-refractivity contribution in [2.24, 2.45) is 0 Å². The van der Waals surface area contributed by atoms with Gasteiger partial charge in [0.25, 0.3) is 0 Å². The van der Waals surface area contributed by atoms with Crippen molar-refractivity contribution in [1.82, 2.24) is 4.90 Å². The maximum absolute atomic E-state index is 13.8. The Morgan fingerprint density at radius 2 is 1.40 bits per heavy atom. The number of nitrogens with zero attached hydrogens (tertiary/aromatic N) is 1. The van der Waals surface area contributed by atoms with Crippen molar-refractivity contribution in [3.63, 3.8) is 0 Å². The monoisotopic (exact) mass is 659 g/mol. The molecule has 8 nitrogen and oxygen atoms in total. The van der Waals surface area contributed by atoms with Gasteiger partial charge in [0, 0.05) is 5.92 Å². The third kappa shape index (κ3) is 8.58. The summed E-state index contributed by atoms with van der Waals surface area (Å²) in [6, 6.07) is 26.1. The largest absolute Gasteiger partial charge is 0.448 e. The first-order valence-electron chi connectivity index (χ1n) is 16.5. The van der Waals surface area contributed by atoms with Gasteiger partial charge in [-0.15, -0.1) is 0 Å². The molecule has 0 radical (unpaired) electrons. The van der Waals surface area contributed by atoms with E-state index in [0.29, 0.717) is 13.2 Å². The lowest BCUT2D eigenvalue weighted by molar-refractivity contribution is -0.149. The van der Waals surface area contributed by atoms with Crippen LogP contribution < -0.4 is 0 Å². The van der Waals surface area contributed by atoms with E-state index in [9.17, 15) is 9.59 Å². The minimum atomic E-state index is -2.08. The summed E-state index contributed by atoms with van der Waals surface area (Å²) in [5.74, 6) is -1.21. The SMILES string of the molecule is CC1(C)O[C@@H](CN(CC(=O)COCc2ccccc2)C(=O)OCC2c3ccccc3-c3ccccc32)[C@@H](CO[Si](C)(C)C(C)(C)C)O1. The molecule has 3 aromatic rings. The first kappa shape index (κ1) is 35.0. The lowest BCUT2D eigenvalue weighted by atomic mass is 9.98. The predicted molar refractivity (Wildman–Crippen MR) is 185 cm³/mol. The normalized spacial score (nSPS) is 18.9. The van der Waals surface area contributed by atoms with Gasteiger partial charge in [-0.3, -0.25) is 9.69 Å². The summed E-state index contributed by atoms with van der Waals surface area (Å²) in [4.78, 5) is 28.5. The Hall–Kier alpha value is -3.34. The second kappa shape index (κ2) is 14.4. The molecular formula is C38H49NO7Si. The second-order valence-electron chi connectivity index (χ2n) is 14.5. The molecule has 252 valence electrons. The molecule has 2 aliphatic rings. The van der Waals surface area contributed by atoms with Gasteiger partial charge >= 0.3 is 6.09 Å². The second-order valence-corrected chi connectivity index (χ2v) is 19.3. The van der Waals surface area contributed by atoms with Crippen molar-refractivity contribution < 1.29 is 33.0 Å². The quantitative estimate of drug-likeness (QED) is 0.175. The summed E-state index contributed by atoms with van der Waals surface area (Å²) >= 11 is 0. The molecule has 2 atom stereocenters. The minimum absolute atomic E-state index is 0.0248. The summed E-state index contributed by atoms with van der Waals surface area (Å²) < 4.78 is 30.8. The topological polar surface area (TPSA) is 83.5 Å². The molecule has 0 N–H and O–H groups in total. The van der Waals surface area contributed by atoms with Gasteiger partial charge in [0.2, 0.25) is 0 Å². The number of rotatable bonds is 13. The highest BCUT2D eigenvalue weighted by molar-refractivity contribution is 6.74. The Kier molecular flexibility index (Phi) is 10.7. The molecule has 9 heteroatoms. The summed E-state index contributed by atoms with van der Waals surface area (Å²) in [7, 11) is -2.08. The zero-order valence-electron chi connectivity index (χ0n) is 28.8. The van der Waals surface area contributed by atoms with Crippen LogP contribution >= 0.6 is 0 Å². The molecule has 1 heterocycles. The zero-order valence-corrected chi connectivity index (χ0v) is 29.8. The third-order valence-corrected chi connectivity index (χ3v) is 13.9. The van der Waals surface area contributed by atoms with Crippen molar-refractivity contribution >= 4 is 20.2 Å². The molecule has 47 heavy (non-hydrogen) atoms. The van der Waals surface area contributed by atoms with Crippen LogP contribution in [0.15, 0.2) is 78.9 Å². The molecule has 1 aliphatic heterocycles. The number of hydrogen-bond donors (Lipinski definition) is 0. The van der Waals surface area contributed by atoms with Gasteiger partial charge in [-0.25, -0.2) is 4.79 Å². The van der Waals surface area contributed by atoms with E-state index in [4.69, 9.17) is 23.4 Å². The maximum Gasteiger partial charge on any atom is 0.410 e. The minimum Gasteiger partial charge on any atom is -0.448 e. The number of carbonyl (C=O) groups is 2. The van der Waals surface area contributed by atoms with Gasteiger partial charge < -0.3 is 23.4 Å². The van der Waals surface area contributed by atoms with Crippen LogP contribution in [0.1, 0.15) is 57.2 Å². The number of ketones is 1. The molecule has 1 amide bonds. The lowest BCUT2D eigenvalue weighted by Crippen LogP contribution is -2.48. The van der Waals surface area contributed by atoms with E-state index in [1.807, 2.05) is 68.4 Å². The van der Waals surface area contributed by atoms with E-state index < -0.39 is 32.4 Å². The number of fused-ring (bicyclic) bond motifs is 3. The average Bonchev–Trinajstić information content (AvgIpc) is 3.50. The van der Waals surface area contributed by atoms with Gasteiger partial charge in [-0.05, 0) is 59.8 Å². The molecule has 0 saturated carbocycles. The Morgan fingerprint density at radius 3 is 2.02 bits per heavy atom. The van der Waals surface area contributed by atoms with Gasteiger partial charge in [0.1, 0.15) is 25.4 Å². The Morgan fingerprint density at radius 1 is 0.830 bits per heavy atom. The highest BCUT2D eigenvalue weighted by Crippen LogP contribution is 2.44. The Bertz CT molecular complexity index is 1490. The van der Waals surface area contributed by atoms with Crippen molar-refractivity contribution in [2.75, 3.05) is 32.9 Å². The van der Waals surface area contributed by atoms with E-state index in [0.717, 1.165) is 27.8 Å². The van der Waals surface area contributed by atoms with Gasteiger partial charge in [-0.2, -0.15) is 0 Å². The number of amides is 1. The fourth-order valence-corrected chi connectivity index (χ4v) is 6.95. The number of ether oxygens (including phenoxy) is 4. The number of Topliss-reactive ketones (excluding diaryl/α,β-unsaturated/α-hetero) is 1. The Balaban J connectivity index is 1.30.